The SMILES string of the molecule is C.CCOC(=O)c1nn(CC(=O)N2CCC(Oc3ncccc3C)CC2)c2c1CCCC2.CCOC(=O)c1nn(CC(=O)O)c2c1CCCC2.Cc1ccc[nH]c1=O.Cc1cccnc1OC1CCCCC1.Cc1cccnc1OC1CCCCC1.O=C1CCCCC1.OC1CCCCC1.[B].[H-].[Li+].[Na+].[OH-]. The number of hydrogen-bond acceptors (Lipinski definition) is 18. The van der Waals surface area contributed by atoms with Crippen LogP contribution in [0.25, 0.3) is 0 Å². The van der Waals surface area contributed by atoms with E-state index in [1.54, 1.807) is 62.4 Å². The van der Waals surface area contributed by atoms with E-state index < -0.39 is 17.9 Å². The topological polar surface area (TPSA) is 312 Å². The third kappa shape index (κ3) is 31.8. The van der Waals surface area contributed by atoms with Gasteiger partial charge < -0.3 is 50.7 Å². The number of amides is 1. The van der Waals surface area contributed by atoms with Crippen molar-refractivity contribution in [3.63, 3.8) is 0 Å². The van der Waals surface area contributed by atoms with E-state index in [1.807, 2.05) is 62.1 Å². The predicted molar refractivity (Wildman–Crippen MR) is 394 cm³/mol. The normalized spacial score (nSPS) is 16.2. The molecule has 13 rings (SSSR count). The van der Waals surface area contributed by atoms with Crippen LogP contribution in [-0.2, 0) is 62.6 Å². The summed E-state index contributed by atoms with van der Waals surface area (Å²) in [7, 11) is 0. The van der Waals surface area contributed by atoms with Crippen LogP contribution in [0, 0.1) is 27.7 Å². The van der Waals surface area contributed by atoms with E-state index in [2.05, 4.69) is 30.1 Å². The van der Waals surface area contributed by atoms with E-state index in [-0.39, 0.29) is 114 Å². The summed E-state index contributed by atoms with van der Waals surface area (Å²) in [6, 6.07) is 15.4. The Hall–Kier alpha value is -6.65. The molecule has 0 bridgehead atoms. The van der Waals surface area contributed by atoms with Gasteiger partial charge in [-0.2, -0.15) is 10.2 Å². The zero-order valence-electron chi connectivity index (χ0n) is 63.7. The number of pyridine rings is 4. The van der Waals surface area contributed by atoms with E-state index in [4.69, 9.17) is 33.9 Å². The van der Waals surface area contributed by atoms with Crippen LogP contribution in [0.15, 0.2) is 78.1 Å². The van der Waals surface area contributed by atoms with Gasteiger partial charge in [0.05, 0.1) is 19.3 Å². The molecule has 7 heterocycles. The maximum Gasteiger partial charge on any atom is 1.00 e. The van der Waals surface area contributed by atoms with Gasteiger partial charge in [0.1, 0.15) is 37.2 Å². The van der Waals surface area contributed by atoms with Crippen molar-refractivity contribution in [3.05, 3.63) is 140 Å². The first-order valence-corrected chi connectivity index (χ1v) is 36.6. The Labute approximate surface area is 654 Å². The molecule has 4 N–H and O–H groups in total. The minimum atomic E-state index is -0.957. The van der Waals surface area contributed by atoms with Crippen molar-refractivity contribution in [3.8, 4) is 17.6 Å². The number of likely N-dealkylation sites (tertiary alicyclic amines) is 1. The van der Waals surface area contributed by atoms with Crippen molar-refractivity contribution < 1.29 is 113 Å². The summed E-state index contributed by atoms with van der Waals surface area (Å²) in [5, 5.41) is 26.4. The molecule has 26 heteroatoms. The molecule has 0 atom stereocenters. The standard InChI is InChI=1S/C23H30N4O4.C12H16N2O4.2C12H17NO.C6H7NO.C6H12O.C6H10O.CH4.B.Li.Na.H2O.H/c1-3-30-23(29)21-18-8-4-5-9-19(18)27(25-21)15-20(28)26-13-10-17(11-14-26)31-22-16(2)7-6-12-24-22;1-2-18-12(17)11-8-5-3-4-6-9(8)14(13-11)7-10(15)16;2*1-10-6-5-9-13-12(10)14-11-7-3-2-4-8-11;1-5-3-2-4-7-6(5)8;2*7-6-4-2-1-3-5-6;;;;;;/h6-7,12,17H,3-5,8-11,13-15H2,1-2H3;2-7H2,1H3,(H,15,16);2*5-6,9,11H,2-4,7-8H2,1H3;2-4H,1H3,(H,7,8);6-7H,1-5H2;1-5H2;1H4;;;;1H2;/q;;;;;;;;;2*+1;;-1/p-1. The Morgan fingerprint density at radius 3 is 1.22 bits per heavy atom. The number of piperidine rings is 1. The molecule has 6 aliphatic carbocycles. The Morgan fingerprint density at radius 1 is 0.519 bits per heavy atom. The van der Waals surface area contributed by atoms with Gasteiger partial charge in [-0.15, -0.1) is 0 Å². The van der Waals surface area contributed by atoms with E-state index in [9.17, 15) is 28.8 Å². The maximum absolute atomic E-state index is 13.0. The number of Topliss-reactive ketones (excluding diaryl/α,β-unsaturated/α-hetero) is 1. The average Bonchev–Trinajstić information content (AvgIpc) is 1.65. The second kappa shape index (κ2) is 51.6. The number of hydrogen-bond donors (Lipinski definition) is 3. The Balaban J connectivity index is 0.000000647. The number of ketones is 1. The summed E-state index contributed by atoms with van der Waals surface area (Å²) in [5.41, 5.74) is 8.39. The van der Waals surface area contributed by atoms with Gasteiger partial charge in [0, 0.05) is 117 Å². The Kier molecular flexibility index (Phi) is 46.3. The summed E-state index contributed by atoms with van der Waals surface area (Å²) in [6.07, 6.45) is 40.5. The molecule has 104 heavy (non-hydrogen) atoms. The molecule has 1 aliphatic heterocycles. The number of aryl methyl sites for hydroxylation is 4. The quantitative estimate of drug-likeness (QED) is 0.0696. The number of aromatic amines is 1. The number of carbonyl (C=O) groups is 5. The monoisotopic (exact) mass is 1440 g/mol. The maximum atomic E-state index is 13.0. The number of esters is 2. The van der Waals surface area contributed by atoms with Crippen LogP contribution in [0.3, 0.4) is 0 Å². The van der Waals surface area contributed by atoms with Crippen molar-refractivity contribution in [2.75, 3.05) is 26.3 Å². The molecule has 561 valence electrons. The van der Waals surface area contributed by atoms with Crippen molar-refractivity contribution in [2.24, 2.45) is 0 Å². The molecule has 5 fully saturated rings. The number of nitrogens with zero attached hydrogens (tertiary/aromatic N) is 8. The van der Waals surface area contributed by atoms with E-state index >= 15 is 0 Å². The molecule has 4 saturated carbocycles. The third-order valence-electron chi connectivity index (χ3n) is 18.6. The third-order valence-corrected chi connectivity index (χ3v) is 18.6. The number of rotatable bonds is 14. The van der Waals surface area contributed by atoms with Crippen LogP contribution in [0.4, 0.5) is 0 Å². The largest absolute Gasteiger partial charge is 1.00 e. The molecule has 23 nitrogen and oxygen atoms in total. The van der Waals surface area contributed by atoms with E-state index in [1.165, 1.54) is 94.6 Å². The molecular weight excluding hydrogens is 1330 g/mol. The molecule has 1 saturated heterocycles. The Bertz CT molecular complexity index is 3470. The Morgan fingerprint density at radius 2 is 0.885 bits per heavy atom. The summed E-state index contributed by atoms with van der Waals surface area (Å²) < 4.78 is 31.1. The minimum Gasteiger partial charge on any atom is -1.00 e. The molecule has 0 aromatic carbocycles. The molecule has 6 aromatic heterocycles. The van der Waals surface area contributed by atoms with Gasteiger partial charge in [-0.3, -0.25) is 28.5 Å². The fourth-order valence-electron chi connectivity index (χ4n) is 13.1. The van der Waals surface area contributed by atoms with E-state index in [0.29, 0.717) is 55.9 Å². The first kappa shape index (κ1) is 93.4. The molecule has 6 aromatic rings. The first-order valence-electron chi connectivity index (χ1n) is 36.6. The number of nitrogens with one attached hydrogen (secondary N) is 1. The number of aromatic nitrogens is 8. The minimum absolute atomic E-state index is 0. The van der Waals surface area contributed by atoms with Crippen molar-refractivity contribution in [2.45, 2.75) is 279 Å². The van der Waals surface area contributed by atoms with Crippen molar-refractivity contribution >= 4 is 38.0 Å². The van der Waals surface area contributed by atoms with Crippen LogP contribution >= 0.6 is 0 Å². The van der Waals surface area contributed by atoms with Crippen LogP contribution in [0.2, 0.25) is 0 Å². The van der Waals surface area contributed by atoms with Gasteiger partial charge in [0.2, 0.25) is 23.5 Å². The van der Waals surface area contributed by atoms with Crippen molar-refractivity contribution in [1.82, 2.24) is 44.4 Å². The zero-order chi connectivity index (χ0) is 70.7. The van der Waals surface area contributed by atoms with Gasteiger partial charge >= 0.3 is 66.3 Å². The number of aliphatic hydroxyl groups excluding tert-OH is 1. The molecule has 1 amide bonds. The van der Waals surface area contributed by atoms with E-state index in [0.717, 1.165) is 159 Å². The predicted octanol–water partition coefficient (Wildman–Crippen LogP) is 7.65. The number of carbonyl (C=O) groups excluding carboxylic acids is 4. The molecule has 3 radical (unpaired) electrons. The second-order valence-electron chi connectivity index (χ2n) is 26.5. The van der Waals surface area contributed by atoms with Crippen molar-refractivity contribution in [1.29, 1.82) is 0 Å². The summed E-state index contributed by atoms with van der Waals surface area (Å²) in [5.74, 6) is 0.987. The molecule has 0 spiro atoms. The van der Waals surface area contributed by atoms with Crippen LogP contribution in [0.5, 0.6) is 17.6 Å². The smallest absolute Gasteiger partial charge is 1.00 e. The van der Waals surface area contributed by atoms with Gasteiger partial charge in [-0.25, -0.2) is 24.5 Å². The van der Waals surface area contributed by atoms with Gasteiger partial charge in [0.15, 0.2) is 11.4 Å². The summed E-state index contributed by atoms with van der Waals surface area (Å²) >= 11 is 0. The molecular formula is C78H115BLiN9NaO14. The summed E-state index contributed by atoms with van der Waals surface area (Å²) in [6.45, 7) is 13.2. The fraction of sp³-hybridized carbons (Fsp3) is 0.603. The van der Waals surface area contributed by atoms with Crippen LogP contribution in [0.1, 0.15) is 255 Å². The summed E-state index contributed by atoms with van der Waals surface area (Å²) in [4.78, 5) is 86.1. The number of carboxylic acid groups (broad SMARTS) is 1. The van der Waals surface area contributed by atoms with Gasteiger partial charge in [-0.05, 0) is 194 Å². The fourth-order valence-corrected chi connectivity index (χ4v) is 13.1. The molecule has 7 aliphatic rings. The zero-order valence-corrected chi connectivity index (χ0v) is 64.7. The number of ether oxygens (including phenoxy) is 5. The van der Waals surface area contributed by atoms with Gasteiger partial charge in [0.25, 0.3) is 5.56 Å². The number of aliphatic hydroxyl groups is 1. The van der Waals surface area contributed by atoms with Crippen LogP contribution < -0.4 is 68.2 Å². The number of aliphatic carboxylic acids is 1. The van der Waals surface area contributed by atoms with Crippen LogP contribution in [-0.4, -0.2) is 149 Å². The number of carboxylic acids is 1. The number of H-pyrrole nitrogens is 1. The molecule has 0 unspecified atom stereocenters. The average molecular weight is 1440 g/mol. The van der Waals surface area contributed by atoms with Gasteiger partial charge in [-0.1, -0.05) is 70.2 Å². The number of fused-ring (bicyclic) bond motifs is 2. The second-order valence-corrected chi connectivity index (χ2v) is 26.5. The first-order chi connectivity index (χ1) is 48.0.